The summed E-state index contributed by atoms with van der Waals surface area (Å²) in [5.74, 6) is 1.16. The fourth-order valence-corrected chi connectivity index (χ4v) is 2.73. The van der Waals surface area contributed by atoms with Crippen LogP contribution in [0.15, 0.2) is 53.7 Å². The molecule has 1 fully saturated rings. The normalized spacial score (nSPS) is 16.9. The highest BCUT2D eigenvalue weighted by Gasteiger charge is 2.15. The summed E-state index contributed by atoms with van der Waals surface area (Å²) < 4.78 is 5.41. The highest BCUT2D eigenvalue weighted by atomic mass is 16.6. The van der Waals surface area contributed by atoms with Crippen LogP contribution in [-0.2, 0) is 17.8 Å². The lowest BCUT2D eigenvalue weighted by atomic mass is 10.1. The van der Waals surface area contributed by atoms with Gasteiger partial charge >= 0.3 is 0 Å². The lowest BCUT2D eigenvalue weighted by molar-refractivity contribution is -0.384. The van der Waals surface area contributed by atoms with E-state index in [1.54, 1.807) is 18.3 Å². The zero-order valence-electron chi connectivity index (χ0n) is 15.0. The topological polar surface area (TPSA) is 102 Å². The van der Waals surface area contributed by atoms with Crippen LogP contribution in [0.4, 0.5) is 5.69 Å². The van der Waals surface area contributed by atoms with Crippen molar-refractivity contribution in [1.29, 1.82) is 0 Å². The van der Waals surface area contributed by atoms with Gasteiger partial charge in [-0.05, 0) is 24.1 Å². The van der Waals surface area contributed by atoms with Crippen LogP contribution >= 0.6 is 0 Å². The molecule has 1 aliphatic rings. The maximum Gasteiger partial charge on any atom is 0.269 e. The molecule has 8 nitrogen and oxygen atoms in total. The summed E-state index contributed by atoms with van der Waals surface area (Å²) in [6, 6.07) is 12.2. The van der Waals surface area contributed by atoms with Gasteiger partial charge in [0, 0.05) is 37.4 Å². The third-order valence-corrected chi connectivity index (χ3v) is 4.31. The maximum absolute atomic E-state index is 10.8. The molecular formula is C19H23N5O3. The number of benzene rings is 1. The fourth-order valence-electron chi connectivity index (χ4n) is 2.73. The number of hydrogen-bond acceptors (Lipinski definition) is 5. The van der Waals surface area contributed by atoms with Gasteiger partial charge in [0.25, 0.3) is 5.69 Å². The van der Waals surface area contributed by atoms with E-state index in [1.807, 2.05) is 18.2 Å². The summed E-state index contributed by atoms with van der Waals surface area (Å²) >= 11 is 0. The van der Waals surface area contributed by atoms with Crippen LogP contribution < -0.4 is 10.6 Å². The van der Waals surface area contributed by atoms with Crippen molar-refractivity contribution < 1.29 is 9.66 Å². The first-order chi connectivity index (χ1) is 13.2. The third-order valence-electron chi connectivity index (χ3n) is 4.31. The SMILES string of the molecule is O=[N+]([O-])c1ccc(CN=C(NCc2ccccn2)NCC2CCOC2)cc1. The van der Waals surface area contributed by atoms with E-state index in [0.29, 0.717) is 25.0 Å². The molecule has 8 heteroatoms. The quantitative estimate of drug-likeness (QED) is 0.336. The minimum Gasteiger partial charge on any atom is -0.381 e. The van der Waals surface area contributed by atoms with Gasteiger partial charge in [0.2, 0.25) is 0 Å². The molecule has 0 amide bonds. The molecule has 1 aliphatic heterocycles. The Balaban J connectivity index is 1.61. The minimum atomic E-state index is -0.405. The number of nitrogens with one attached hydrogen (secondary N) is 2. The second-order valence-electron chi connectivity index (χ2n) is 6.37. The summed E-state index contributed by atoms with van der Waals surface area (Å²) in [7, 11) is 0. The molecule has 142 valence electrons. The molecule has 2 heterocycles. The van der Waals surface area contributed by atoms with Crippen LogP contribution in [0, 0.1) is 16.0 Å². The maximum atomic E-state index is 10.8. The van der Waals surface area contributed by atoms with Gasteiger partial charge in [-0.3, -0.25) is 15.1 Å². The molecule has 27 heavy (non-hydrogen) atoms. The number of nitro groups is 1. The van der Waals surface area contributed by atoms with Crippen LogP contribution in [0.2, 0.25) is 0 Å². The van der Waals surface area contributed by atoms with Gasteiger partial charge in [-0.15, -0.1) is 0 Å². The predicted octanol–water partition coefficient (Wildman–Crippen LogP) is 2.26. The summed E-state index contributed by atoms with van der Waals surface area (Å²) in [6.45, 7) is 3.35. The lowest BCUT2D eigenvalue weighted by Crippen LogP contribution is -2.39. The van der Waals surface area contributed by atoms with Gasteiger partial charge in [0.1, 0.15) is 0 Å². The Hall–Kier alpha value is -3.00. The Morgan fingerprint density at radius 3 is 2.78 bits per heavy atom. The second kappa shape index (κ2) is 9.63. The summed E-state index contributed by atoms with van der Waals surface area (Å²) in [5, 5.41) is 17.4. The van der Waals surface area contributed by atoms with Crippen molar-refractivity contribution in [3.8, 4) is 0 Å². The predicted molar refractivity (Wildman–Crippen MR) is 102 cm³/mol. The molecule has 1 unspecified atom stereocenters. The van der Waals surface area contributed by atoms with Gasteiger partial charge in [0.15, 0.2) is 5.96 Å². The Labute approximate surface area is 157 Å². The number of aliphatic imine (C=N–C) groups is 1. The van der Waals surface area contributed by atoms with Gasteiger partial charge < -0.3 is 15.4 Å². The molecule has 3 rings (SSSR count). The Morgan fingerprint density at radius 1 is 1.26 bits per heavy atom. The van der Waals surface area contributed by atoms with Gasteiger partial charge in [-0.2, -0.15) is 0 Å². The largest absolute Gasteiger partial charge is 0.381 e. The van der Waals surface area contributed by atoms with Crippen molar-refractivity contribution in [3.63, 3.8) is 0 Å². The Morgan fingerprint density at radius 2 is 2.11 bits per heavy atom. The molecule has 0 spiro atoms. The zero-order valence-corrected chi connectivity index (χ0v) is 15.0. The van der Waals surface area contributed by atoms with Crippen molar-refractivity contribution in [2.24, 2.45) is 10.9 Å². The van der Waals surface area contributed by atoms with E-state index in [-0.39, 0.29) is 5.69 Å². The van der Waals surface area contributed by atoms with Gasteiger partial charge in [-0.25, -0.2) is 4.99 Å². The van der Waals surface area contributed by atoms with E-state index in [0.717, 1.165) is 37.4 Å². The number of aromatic nitrogens is 1. The van der Waals surface area contributed by atoms with E-state index < -0.39 is 4.92 Å². The number of hydrogen-bond donors (Lipinski definition) is 2. The molecule has 0 radical (unpaired) electrons. The van der Waals surface area contributed by atoms with Crippen molar-refractivity contribution >= 4 is 11.6 Å². The van der Waals surface area contributed by atoms with E-state index >= 15 is 0 Å². The smallest absolute Gasteiger partial charge is 0.269 e. The second-order valence-corrected chi connectivity index (χ2v) is 6.37. The highest BCUT2D eigenvalue weighted by Crippen LogP contribution is 2.13. The van der Waals surface area contributed by atoms with Crippen molar-refractivity contribution in [3.05, 3.63) is 70.0 Å². The average molecular weight is 369 g/mol. The molecule has 2 N–H and O–H groups in total. The number of rotatable bonds is 7. The fraction of sp³-hybridized carbons (Fsp3) is 0.368. The number of ether oxygens (including phenoxy) is 1. The molecule has 0 aliphatic carbocycles. The zero-order chi connectivity index (χ0) is 18.9. The monoisotopic (exact) mass is 369 g/mol. The molecular weight excluding hydrogens is 346 g/mol. The average Bonchev–Trinajstić information content (AvgIpc) is 3.22. The molecule has 0 saturated carbocycles. The molecule has 0 bridgehead atoms. The molecule has 1 atom stereocenters. The van der Waals surface area contributed by atoms with E-state index in [9.17, 15) is 10.1 Å². The number of pyridine rings is 1. The van der Waals surface area contributed by atoms with Crippen LogP contribution in [0.25, 0.3) is 0 Å². The lowest BCUT2D eigenvalue weighted by Gasteiger charge is -2.15. The Bertz CT molecular complexity index is 759. The minimum absolute atomic E-state index is 0.0792. The number of nitro benzene ring substituents is 1. The van der Waals surface area contributed by atoms with Crippen LogP contribution in [-0.4, -0.2) is 35.6 Å². The van der Waals surface area contributed by atoms with Crippen LogP contribution in [0.5, 0.6) is 0 Å². The first kappa shape index (κ1) is 18.8. The highest BCUT2D eigenvalue weighted by molar-refractivity contribution is 5.79. The molecule has 1 saturated heterocycles. The summed E-state index contributed by atoms with van der Waals surface area (Å²) in [4.78, 5) is 19.3. The first-order valence-electron chi connectivity index (χ1n) is 8.94. The summed E-state index contributed by atoms with van der Waals surface area (Å²) in [6.07, 6.45) is 2.80. The molecule has 2 aromatic rings. The van der Waals surface area contributed by atoms with Crippen LogP contribution in [0.3, 0.4) is 0 Å². The summed E-state index contributed by atoms with van der Waals surface area (Å²) in [5.41, 5.74) is 1.91. The number of nitrogens with zero attached hydrogens (tertiary/aromatic N) is 3. The first-order valence-corrected chi connectivity index (χ1v) is 8.94. The van der Waals surface area contributed by atoms with Crippen molar-refractivity contribution in [1.82, 2.24) is 15.6 Å². The van der Waals surface area contributed by atoms with Crippen molar-refractivity contribution in [2.75, 3.05) is 19.8 Å². The molecule has 1 aromatic heterocycles. The number of non-ortho nitro benzene ring substituents is 1. The van der Waals surface area contributed by atoms with E-state index in [1.165, 1.54) is 12.1 Å². The van der Waals surface area contributed by atoms with Gasteiger partial charge in [0.05, 0.1) is 30.3 Å². The third kappa shape index (κ3) is 6.03. The number of guanidine groups is 1. The molecule has 1 aromatic carbocycles. The standard InChI is InChI=1S/C19H23N5O3/c25-24(26)18-6-4-15(5-7-18)11-21-19(22-12-16-8-10-27-14-16)23-13-17-3-1-2-9-20-17/h1-7,9,16H,8,10-14H2,(H2,21,22,23). The van der Waals surface area contributed by atoms with Gasteiger partial charge in [-0.1, -0.05) is 18.2 Å². The van der Waals surface area contributed by atoms with Crippen LogP contribution in [0.1, 0.15) is 17.7 Å². The van der Waals surface area contributed by atoms with Crippen molar-refractivity contribution in [2.45, 2.75) is 19.5 Å². The van der Waals surface area contributed by atoms with E-state index in [2.05, 4.69) is 20.6 Å². The van der Waals surface area contributed by atoms with E-state index in [4.69, 9.17) is 4.74 Å². The Kier molecular flexibility index (Phi) is 6.70.